The van der Waals surface area contributed by atoms with Gasteiger partial charge in [0.05, 0.1) is 22.6 Å². The van der Waals surface area contributed by atoms with Gasteiger partial charge < -0.3 is 10.2 Å². The number of aryl methyl sites for hydroxylation is 1. The van der Waals surface area contributed by atoms with Crippen LogP contribution in [-0.4, -0.2) is 39.6 Å². The van der Waals surface area contributed by atoms with E-state index in [0.29, 0.717) is 18.5 Å². The Morgan fingerprint density at radius 1 is 1.12 bits per heavy atom. The van der Waals surface area contributed by atoms with Crippen LogP contribution in [-0.2, 0) is 12.7 Å². The number of anilines is 1. The Morgan fingerprint density at radius 2 is 1.79 bits per heavy atom. The summed E-state index contributed by atoms with van der Waals surface area (Å²) in [7, 11) is 3.41. The van der Waals surface area contributed by atoms with E-state index in [2.05, 4.69) is 15.3 Å². The number of aromatic nitrogens is 3. The van der Waals surface area contributed by atoms with E-state index in [1.165, 1.54) is 36.1 Å². The van der Waals surface area contributed by atoms with Gasteiger partial charge in [-0.15, -0.1) is 0 Å². The average Bonchev–Trinajstić information content (AvgIpc) is 2.78. The van der Waals surface area contributed by atoms with E-state index in [4.69, 9.17) is 0 Å². The number of alkyl halides is 3. The van der Waals surface area contributed by atoms with Crippen molar-refractivity contribution in [3.8, 4) is 0 Å². The van der Waals surface area contributed by atoms with Crippen LogP contribution in [0.5, 0.6) is 0 Å². The van der Waals surface area contributed by atoms with Gasteiger partial charge in [-0.3, -0.25) is 9.36 Å². The summed E-state index contributed by atoms with van der Waals surface area (Å²) in [6.07, 6.45) is -1.33. The summed E-state index contributed by atoms with van der Waals surface area (Å²) in [5, 5.41) is 3.41. The number of likely N-dealkylation sites (tertiary alicyclic amines) is 1. The van der Waals surface area contributed by atoms with Crippen LogP contribution in [0.3, 0.4) is 0 Å². The van der Waals surface area contributed by atoms with Gasteiger partial charge in [0.25, 0.3) is 12.0 Å². The molecule has 176 valence electrons. The Kier molecular flexibility index (Phi) is 6.13. The van der Waals surface area contributed by atoms with Crippen molar-refractivity contribution in [1.29, 1.82) is 0 Å². The second-order valence-electron chi connectivity index (χ2n) is 8.57. The molecule has 0 amide bonds. The number of rotatable bonds is 5. The molecule has 1 aromatic carbocycles. The topological polar surface area (TPSA) is 63.1 Å². The highest BCUT2D eigenvalue weighted by molar-refractivity contribution is 5.87. The van der Waals surface area contributed by atoms with Crippen molar-refractivity contribution in [3.05, 3.63) is 63.5 Å². The molecule has 1 atom stereocenters. The zero-order chi connectivity index (χ0) is 23.9. The van der Waals surface area contributed by atoms with Crippen LogP contribution in [0.25, 0.3) is 11.0 Å². The number of halogens is 4. The number of nitrogens with one attached hydrogen (secondary N) is 1. The minimum atomic E-state index is -2.94. The second kappa shape index (κ2) is 8.74. The molecule has 0 aliphatic carbocycles. The summed E-state index contributed by atoms with van der Waals surface area (Å²) >= 11 is 0. The highest BCUT2D eigenvalue weighted by Crippen LogP contribution is 2.37. The van der Waals surface area contributed by atoms with Crippen molar-refractivity contribution in [3.63, 3.8) is 0 Å². The summed E-state index contributed by atoms with van der Waals surface area (Å²) in [4.78, 5) is 23.4. The van der Waals surface area contributed by atoms with Gasteiger partial charge in [0.15, 0.2) is 0 Å². The molecule has 3 aromatic rings. The van der Waals surface area contributed by atoms with E-state index in [-0.39, 0.29) is 35.4 Å². The normalized spacial score (nSPS) is 17.5. The lowest BCUT2D eigenvalue weighted by Crippen LogP contribution is -2.41. The molecule has 6 nitrogen and oxygen atoms in total. The van der Waals surface area contributed by atoms with E-state index in [1.807, 2.05) is 11.9 Å². The molecule has 33 heavy (non-hydrogen) atoms. The molecule has 0 unspecified atom stereocenters. The van der Waals surface area contributed by atoms with Gasteiger partial charge in [-0.25, -0.2) is 27.5 Å². The monoisotopic (exact) mass is 463 g/mol. The third kappa shape index (κ3) is 4.19. The lowest BCUT2D eigenvalue weighted by atomic mass is 9.86. The van der Waals surface area contributed by atoms with Gasteiger partial charge in [-0.05, 0) is 32.9 Å². The summed E-state index contributed by atoms with van der Waals surface area (Å²) < 4.78 is 58.0. The van der Waals surface area contributed by atoms with E-state index in [1.54, 1.807) is 6.92 Å². The Bertz CT molecular complexity index is 1240. The van der Waals surface area contributed by atoms with Gasteiger partial charge >= 0.3 is 0 Å². The fourth-order valence-corrected chi connectivity index (χ4v) is 4.30. The standard InChI is InChI=1S/C23H25F4N5O/c1-13(14-5-4-6-15(18(14)24)19(25)26)30-20-16-11-17(23(27)7-9-31(2)10-8-23)22(33)32(3)21(16)29-12-28-20/h4-6,11-13,19H,7-10H2,1-3H3,(H,28,29,30)/t13-/m1/s1. The van der Waals surface area contributed by atoms with Crippen LogP contribution in [0, 0.1) is 5.82 Å². The Hall–Kier alpha value is -3.01. The van der Waals surface area contributed by atoms with Crippen LogP contribution in [0.15, 0.2) is 35.4 Å². The predicted octanol–water partition coefficient (Wildman–Crippen LogP) is 4.47. The number of nitrogens with zero attached hydrogens (tertiary/aromatic N) is 4. The Balaban J connectivity index is 1.77. The molecule has 3 heterocycles. The Morgan fingerprint density at radius 3 is 2.45 bits per heavy atom. The van der Waals surface area contributed by atoms with Gasteiger partial charge in [-0.2, -0.15) is 0 Å². The third-order valence-electron chi connectivity index (χ3n) is 6.38. The molecular weight excluding hydrogens is 438 g/mol. The van der Waals surface area contributed by atoms with Crippen LogP contribution in [0.2, 0.25) is 0 Å². The SMILES string of the molecule is C[C@@H](Nc1ncnc2c1cc(C1(F)CCN(C)CC1)c(=O)n2C)c1cccc(C(F)F)c1F. The largest absolute Gasteiger partial charge is 0.363 e. The summed E-state index contributed by atoms with van der Waals surface area (Å²) in [6.45, 7) is 2.65. The number of fused-ring (bicyclic) bond motifs is 1. The summed E-state index contributed by atoms with van der Waals surface area (Å²) in [6, 6.07) is 4.55. The fraction of sp³-hybridized carbons (Fsp3) is 0.435. The Labute approximate surface area is 188 Å². The molecule has 4 rings (SSSR count). The quantitative estimate of drug-likeness (QED) is 0.566. The third-order valence-corrected chi connectivity index (χ3v) is 6.38. The van der Waals surface area contributed by atoms with Crippen molar-refractivity contribution >= 4 is 16.9 Å². The second-order valence-corrected chi connectivity index (χ2v) is 8.57. The molecule has 0 saturated carbocycles. The van der Waals surface area contributed by atoms with E-state index >= 15 is 4.39 Å². The van der Waals surface area contributed by atoms with Crippen molar-refractivity contribution in [2.75, 3.05) is 25.5 Å². The number of pyridine rings is 1. The van der Waals surface area contributed by atoms with Crippen molar-refractivity contribution < 1.29 is 17.6 Å². The van der Waals surface area contributed by atoms with E-state index in [9.17, 15) is 18.0 Å². The molecule has 1 aliphatic rings. The molecule has 1 saturated heterocycles. The van der Waals surface area contributed by atoms with Gasteiger partial charge in [0.1, 0.15) is 29.3 Å². The molecular formula is C23H25F4N5O. The molecule has 0 radical (unpaired) electrons. The molecule has 0 bridgehead atoms. The first-order chi connectivity index (χ1) is 15.6. The zero-order valence-electron chi connectivity index (χ0n) is 18.6. The minimum absolute atomic E-state index is 0.0296. The number of piperidine rings is 1. The lowest BCUT2D eigenvalue weighted by molar-refractivity contribution is 0.0659. The molecule has 2 aromatic heterocycles. The van der Waals surface area contributed by atoms with Gasteiger partial charge in [-0.1, -0.05) is 18.2 Å². The maximum Gasteiger partial charge on any atom is 0.266 e. The van der Waals surface area contributed by atoms with Crippen molar-refractivity contribution in [2.24, 2.45) is 7.05 Å². The van der Waals surface area contributed by atoms with E-state index in [0.717, 1.165) is 6.07 Å². The summed E-state index contributed by atoms with van der Waals surface area (Å²) in [5.41, 5.74) is -2.58. The highest BCUT2D eigenvalue weighted by atomic mass is 19.3. The van der Waals surface area contributed by atoms with Crippen LogP contribution < -0.4 is 10.9 Å². The smallest absolute Gasteiger partial charge is 0.266 e. The van der Waals surface area contributed by atoms with Crippen LogP contribution >= 0.6 is 0 Å². The first-order valence-corrected chi connectivity index (χ1v) is 10.7. The number of hydrogen-bond acceptors (Lipinski definition) is 5. The van der Waals surface area contributed by atoms with Gasteiger partial charge in [0.2, 0.25) is 0 Å². The lowest BCUT2D eigenvalue weighted by Gasteiger charge is -2.34. The number of hydrogen-bond donors (Lipinski definition) is 1. The van der Waals surface area contributed by atoms with Crippen LogP contribution in [0.1, 0.15) is 48.9 Å². The highest BCUT2D eigenvalue weighted by Gasteiger charge is 2.38. The fourth-order valence-electron chi connectivity index (χ4n) is 4.30. The molecule has 0 spiro atoms. The van der Waals surface area contributed by atoms with E-state index < -0.39 is 35.1 Å². The first-order valence-electron chi connectivity index (χ1n) is 10.7. The van der Waals surface area contributed by atoms with Crippen molar-refractivity contribution in [1.82, 2.24) is 19.4 Å². The molecule has 1 N–H and O–H groups in total. The predicted molar refractivity (Wildman–Crippen MR) is 118 cm³/mol. The molecule has 1 fully saturated rings. The first kappa shape index (κ1) is 23.2. The van der Waals surface area contributed by atoms with Crippen molar-refractivity contribution in [2.45, 2.75) is 37.9 Å². The summed E-state index contributed by atoms with van der Waals surface area (Å²) in [5.74, 6) is -0.740. The van der Waals surface area contributed by atoms with Crippen LogP contribution in [0.4, 0.5) is 23.4 Å². The maximum absolute atomic E-state index is 15.9. The van der Waals surface area contributed by atoms with Gasteiger partial charge in [0, 0.05) is 25.7 Å². The maximum atomic E-state index is 15.9. The molecule has 1 aliphatic heterocycles. The molecule has 10 heteroatoms. The zero-order valence-corrected chi connectivity index (χ0v) is 18.6. The minimum Gasteiger partial charge on any atom is -0.363 e. The number of benzene rings is 1. The average molecular weight is 463 g/mol.